The number of amides is 2. The van der Waals surface area contributed by atoms with Crippen LogP contribution < -0.4 is 14.8 Å². The predicted molar refractivity (Wildman–Crippen MR) is 139 cm³/mol. The molecule has 0 aromatic heterocycles. The molecule has 1 saturated heterocycles. The second-order valence-corrected chi connectivity index (χ2v) is 10.4. The zero-order valence-electron chi connectivity index (χ0n) is 19.3. The third-order valence-corrected chi connectivity index (χ3v) is 7.59. The van der Waals surface area contributed by atoms with Gasteiger partial charge in [-0.3, -0.25) is 19.7 Å². The molecule has 8 nitrogen and oxygen atoms in total. The molecule has 0 radical (unpaired) electrons. The zero-order valence-corrected chi connectivity index (χ0v) is 20.9. The van der Waals surface area contributed by atoms with Gasteiger partial charge in [0.2, 0.25) is 12.1 Å². The Labute approximate surface area is 221 Å². The molecule has 10 heteroatoms. The molecule has 0 unspecified atom stereocenters. The van der Waals surface area contributed by atoms with Crippen LogP contribution in [0.3, 0.4) is 0 Å². The molecule has 3 aromatic rings. The van der Waals surface area contributed by atoms with E-state index in [0.29, 0.717) is 17.2 Å². The van der Waals surface area contributed by atoms with E-state index in [1.54, 1.807) is 18.2 Å². The van der Waals surface area contributed by atoms with Crippen molar-refractivity contribution in [3.63, 3.8) is 0 Å². The Morgan fingerprint density at radius 1 is 1.11 bits per heavy atom. The number of halogens is 1. The molecule has 0 aliphatic carbocycles. The van der Waals surface area contributed by atoms with Crippen LogP contribution in [0.1, 0.15) is 41.8 Å². The molecule has 6 rings (SSSR count). The van der Waals surface area contributed by atoms with Gasteiger partial charge in [-0.1, -0.05) is 53.7 Å². The van der Waals surface area contributed by atoms with Crippen LogP contribution in [0.25, 0.3) is 0 Å². The van der Waals surface area contributed by atoms with Crippen LogP contribution >= 0.6 is 23.4 Å². The summed E-state index contributed by atoms with van der Waals surface area (Å²) in [5, 5.41) is 8.46. The number of benzene rings is 3. The second-order valence-electron chi connectivity index (χ2n) is 8.80. The molecule has 1 fully saturated rings. The molecule has 3 heterocycles. The molecule has 0 saturated carbocycles. The number of nitrogens with one attached hydrogen (secondary N) is 1. The van der Waals surface area contributed by atoms with E-state index < -0.39 is 28.6 Å². The van der Waals surface area contributed by atoms with Gasteiger partial charge < -0.3 is 9.47 Å². The van der Waals surface area contributed by atoms with Crippen molar-refractivity contribution in [2.75, 3.05) is 0 Å². The number of fused-ring (bicyclic) bond motifs is 3. The van der Waals surface area contributed by atoms with Gasteiger partial charge >= 0.3 is 5.97 Å². The first-order chi connectivity index (χ1) is 17.9. The predicted octanol–water partition coefficient (Wildman–Crippen LogP) is 5.23. The molecule has 3 aliphatic rings. The van der Waals surface area contributed by atoms with Crippen LogP contribution in [-0.2, 0) is 9.59 Å². The molecule has 0 bridgehead atoms. The average molecular weight is 534 g/mol. The minimum Gasteiger partial charge on any atom is -0.464 e. The Hall–Kier alpha value is -3.82. The van der Waals surface area contributed by atoms with Crippen molar-refractivity contribution in [1.82, 2.24) is 10.3 Å². The lowest BCUT2D eigenvalue weighted by molar-refractivity contribution is -0.135. The van der Waals surface area contributed by atoms with E-state index in [1.807, 2.05) is 59.6 Å². The summed E-state index contributed by atoms with van der Waals surface area (Å²) in [4.78, 5) is 35.3. The molecule has 3 atom stereocenters. The van der Waals surface area contributed by atoms with Gasteiger partial charge in [-0.05, 0) is 48.0 Å². The third kappa shape index (κ3) is 4.68. The average Bonchev–Trinajstić information content (AvgIpc) is 3.48. The maximum absolute atomic E-state index is 12.3. The highest BCUT2D eigenvalue weighted by atomic mass is 35.5. The summed E-state index contributed by atoms with van der Waals surface area (Å²) in [7, 11) is 0. The quantitative estimate of drug-likeness (QED) is 0.354. The molecule has 3 aromatic carbocycles. The van der Waals surface area contributed by atoms with E-state index in [1.165, 1.54) is 0 Å². The number of ether oxygens (including phenoxy) is 2. The Morgan fingerprint density at radius 3 is 2.62 bits per heavy atom. The van der Waals surface area contributed by atoms with E-state index in [2.05, 4.69) is 5.32 Å². The highest BCUT2D eigenvalue weighted by Crippen LogP contribution is 2.48. The van der Waals surface area contributed by atoms with E-state index >= 15 is 0 Å². The van der Waals surface area contributed by atoms with Crippen molar-refractivity contribution in [2.24, 2.45) is 5.10 Å². The minimum atomic E-state index is -0.771. The van der Waals surface area contributed by atoms with Crippen LogP contribution in [-0.4, -0.2) is 33.1 Å². The normalized spacial score (nSPS) is 22.0. The Balaban J connectivity index is 1.23. The third-order valence-electron chi connectivity index (χ3n) is 6.37. The lowest BCUT2D eigenvalue weighted by atomic mass is 9.96. The number of carbonyl (C=O) groups is 3. The summed E-state index contributed by atoms with van der Waals surface area (Å²) in [6, 6.07) is 22.6. The van der Waals surface area contributed by atoms with Gasteiger partial charge in [0.05, 0.1) is 18.2 Å². The number of thioether (sulfide) groups is 1. The van der Waals surface area contributed by atoms with Gasteiger partial charge in [-0.15, -0.1) is 0 Å². The van der Waals surface area contributed by atoms with Crippen LogP contribution in [0.15, 0.2) is 77.9 Å². The molecule has 3 aliphatic heterocycles. The summed E-state index contributed by atoms with van der Waals surface area (Å²) in [5.41, 5.74) is 3.83. The van der Waals surface area contributed by atoms with Crippen LogP contribution in [0, 0.1) is 0 Å². The number of hydrogen-bond donors (Lipinski definition) is 1. The Bertz CT molecular complexity index is 1430. The maximum atomic E-state index is 12.3. The summed E-state index contributed by atoms with van der Waals surface area (Å²) in [6.45, 7) is 0. The standard InChI is InChI=1S/C27H20ClN3O5S/c28-17-8-11-22-19(12-17)21-13-20(15-4-2-1-3-5-15)30-31(21)26(36-22)16-6-9-18(10-7-16)35-24(32)14-23-25(33)29-27(34)37-23/h1-12,21,23,26H,13-14H2,(H,29,33,34)/t21-,23+,26-/m1/s1. The lowest BCUT2D eigenvalue weighted by Gasteiger charge is -2.38. The fourth-order valence-corrected chi connectivity index (χ4v) is 5.62. The molecule has 2 amide bonds. The number of nitrogens with zero attached hydrogens (tertiary/aromatic N) is 2. The topological polar surface area (TPSA) is 97.3 Å². The molecule has 1 N–H and O–H groups in total. The van der Waals surface area contributed by atoms with Crippen molar-refractivity contribution in [3.8, 4) is 11.5 Å². The van der Waals surface area contributed by atoms with Gasteiger partial charge in [0.1, 0.15) is 16.7 Å². The molecular formula is C27H20ClN3O5S. The second kappa shape index (κ2) is 9.57. The summed E-state index contributed by atoms with van der Waals surface area (Å²) in [5.74, 6) is 0.0101. The van der Waals surface area contributed by atoms with E-state index in [9.17, 15) is 14.4 Å². The maximum Gasteiger partial charge on any atom is 0.312 e. The minimum absolute atomic E-state index is 0.0436. The van der Waals surface area contributed by atoms with Gasteiger partial charge in [-0.25, -0.2) is 5.01 Å². The van der Waals surface area contributed by atoms with Crippen LogP contribution in [0.2, 0.25) is 5.02 Å². The van der Waals surface area contributed by atoms with E-state index in [0.717, 1.165) is 39.9 Å². The SMILES string of the molecule is O=C(C[C@@H]1SC(=O)NC1=O)Oc1ccc([C@H]2Oc3ccc(Cl)cc3[C@H]3CC(c4ccccc4)=NN32)cc1. The fourth-order valence-electron chi connectivity index (χ4n) is 4.64. The molecule has 37 heavy (non-hydrogen) atoms. The fraction of sp³-hybridized carbons (Fsp3) is 0.185. The van der Waals surface area contributed by atoms with E-state index in [-0.39, 0.29) is 12.5 Å². The Kier molecular flexibility index (Phi) is 6.10. The van der Waals surface area contributed by atoms with Crippen LogP contribution in [0.5, 0.6) is 11.5 Å². The van der Waals surface area contributed by atoms with Crippen LogP contribution in [0.4, 0.5) is 4.79 Å². The largest absolute Gasteiger partial charge is 0.464 e. The van der Waals surface area contributed by atoms with Gasteiger partial charge in [0.25, 0.3) is 5.24 Å². The molecule has 0 spiro atoms. The van der Waals surface area contributed by atoms with Crippen molar-refractivity contribution >= 4 is 46.2 Å². The van der Waals surface area contributed by atoms with Gasteiger partial charge in [-0.2, -0.15) is 5.10 Å². The van der Waals surface area contributed by atoms with Crippen molar-refractivity contribution in [3.05, 3.63) is 94.5 Å². The first-order valence-electron chi connectivity index (χ1n) is 11.6. The molecular weight excluding hydrogens is 514 g/mol. The highest BCUT2D eigenvalue weighted by molar-refractivity contribution is 8.15. The van der Waals surface area contributed by atoms with Crippen molar-refractivity contribution in [1.29, 1.82) is 0 Å². The number of hydrogen-bond acceptors (Lipinski definition) is 8. The highest BCUT2D eigenvalue weighted by Gasteiger charge is 2.41. The number of carbonyl (C=O) groups excluding carboxylic acids is 3. The summed E-state index contributed by atoms with van der Waals surface area (Å²) in [6.07, 6.45) is 0.0261. The Morgan fingerprint density at radius 2 is 1.89 bits per heavy atom. The summed E-state index contributed by atoms with van der Waals surface area (Å²) < 4.78 is 11.8. The lowest BCUT2D eigenvalue weighted by Crippen LogP contribution is -2.33. The number of hydrazone groups is 1. The number of imide groups is 1. The van der Waals surface area contributed by atoms with Crippen molar-refractivity contribution in [2.45, 2.75) is 30.4 Å². The molecule has 186 valence electrons. The smallest absolute Gasteiger partial charge is 0.312 e. The number of esters is 1. The van der Waals surface area contributed by atoms with Gasteiger partial charge in [0.15, 0.2) is 0 Å². The van der Waals surface area contributed by atoms with Gasteiger partial charge in [0, 0.05) is 22.6 Å². The number of rotatable bonds is 5. The monoisotopic (exact) mass is 533 g/mol. The van der Waals surface area contributed by atoms with Crippen molar-refractivity contribution < 1.29 is 23.9 Å². The van der Waals surface area contributed by atoms with E-state index in [4.69, 9.17) is 26.2 Å². The summed E-state index contributed by atoms with van der Waals surface area (Å²) >= 11 is 7.10. The zero-order chi connectivity index (χ0) is 25.5. The first kappa shape index (κ1) is 23.6. The first-order valence-corrected chi connectivity index (χ1v) is 12.9.